The van der Waals surface area contributed by atoms with E-state index in [-0.39, 0.29) is 16.2 Å². The largest absolute Gasteiger partial charge is 0.414 e. The fourth-order valence-corrected chi connectivity index (χ4v) is 5.49. The van der Waals surface area contributed by atoms with E-state index in [0.29, 0.717) is 22.3 Å². The lowest BCUT2D eigenvalue weighted by atomic mass is 10.1. The van der Waals surface area contributed by atoms with E-state index >= 15 is 0 Å². The molecule has 0 saturated heterocycles. The standard InChI is InChI=1S/C15H12N4O2S2/c1-8-11(16-2)9(19-20-8)3-4-10-17-12-13(22-10)21-23-7-15(5-6-15)14(23)18-12/h7,16H,5-6H2,1-2H3. The molecule has 1 N–H and O–H groups in total. The Morgan fingerprint density at radius 1 is 1.39 bits per heavy atom. The number of nitrogens with zero attached hydrogens (tertiary/aromatic N) is 3. The van der Waals surface area contributed by atoms with Crippen molar-refractivity contribution in [2.45, 2.75) is 19.8 Å². The van der Waals surface area contributed by atoms with Gasteiger partial charge in [0, 0.05) is 23.2 Å². The molecule has 116 valence electrons. The summed E-state index contributed by atoms with van der Waals surface area (Å²) in [7, 11) is 1.58. The van der Waals surface area contributed by atoms with Gasteiger partial charge in [0.15, 0.2) is 16.5 Å². The van der Waals surface area contributed by atoms with Crippen molar-refractivity contribution in [1.29, 1.82) is 0 Å². The monoisotopic (exact) mass is 344 g/mol. The van der Waals surface area contributed by atoms with Gasteiger partial charge in [-0.3, -0.25) is 0 Å². The van der Waals surface area contributed by atoms with Crippen molar-refractivity contribution in [2.75, 3.05) is 12.4 Å². The average Bonchev–Trinajstić information content (AvgIpc) is 3.13. The number of fused-ring (bicyclic) bond motifs is 3. The number of hydrogen-bond donors (Lipinski definition) is 1. The predicted molar refractivity (Wildman–Crippen MR) is 91.9 cm³/mol. The fourth-order valence-electron chi connectivity index (χ4n) is 2.66. The van der Waals surface area contributed by atoms with Gasteiger partial charge < -0.3 is 14.0 Å². The van der Waals surface area contributed by atoms with E-state index < -0.39 is 0 Å². The Kier molecular flexibility index (Phi) is 2.59. The van der Waals surface area contributed by atoms with Gasteiger partial charge in [0.25, 0.3) is 0 Å². The first-order valence-electron chi connectivity index (χ1n) is 7.22. The highest BCUT2D eigenvalue weighted by Crippen LogP contribution is 2.61. The Labute approximate surface area is 139 Å². The summed E-state index contributed by atoms with van der Waals surface area (Å²) in [6.45, 7) is 1.84. The van der Waals surface area contributed by atoms with E-state index in [4.69, 9.17) is 13.7 Å². The second-order valence-corrected chi connectivity index (χ2v) is 8.01. The molecule has 0 radical (unpaired) electrons. The van der Waals surface area contributed by atoms with Gasteiger partial charge in [0.2, 0.25) is 10.9 Å². The molecule has 1 fully saturated rings. The van der Waals surface area contributed by atoms with Crippen LogP contribution in [0, 0.1) is 24.2 Å². The van der Waals surface area contributed by atoms with Crippen molar-refractivity contribution in [3.8, 4) is 16.9 Å². The van der Waals surface area contributed by atoms with E-state index in [0.717, 1.165) is 10.8 Å². The molecule has 2 aromatic heterocycles. The highest BCUT2D eigenvalue weighted by Gasteiger charge is 2.56. The number of aromatic nitrogens is 2. The third-order valence-corrected chi connectivity index (χ3v) is 6.92. The number of rotatable bonds is 1. The third kappa shape index (κ3) is 1.90. The van der Waals surface area contributed by atoms with Crippen LogP contribution in [-0.2, 0) is 0 Å². The number of aliphatic imine (C=N–C) groups is 1. The molecule has 8 heteroatoms. The first-order chi connectivity index (χ1) is 11.2. The van der Waals surface area contributed by atoms with Gasteiger partial charge in [-0.15, -0.1) is 0 Å². The molecule has 1 atom stereocenters. The number of nitrogens with one attached hydrogen (secondary N) is 1. The summed E-state index contributed by atoms with van der Waals surface area (Å²) in [5.74, 6) is 7.41. The van der Waals surface area contributed by atoms with Crippen LogP contribution < -0.4 is 9.50 Å². The number of hydrogen-bond acceptors (Lipinski definition) is 7. The summed E-state index contributed by atoms with van der Waals surface area (Å²) in [4.78, 5) is 9.18. The predicted octanol–water partition coefficient (Wildman–Crippen LogP) is 3.08. The maximum atomic E-state index is 5.97. The molecule has 6 nitrogen and oxygen atoms in total. The van der Waals surface area contributed by atoms with E-state index in [1.54, 1.807) is 0 Å². The first kappa shape index (κ1) is 13.3. The lowest BCUT2D eigenvalue weighted by molar-refractivity contribution is 0.396. The van der Waals surface area contributed by atoms with Crippen LogP contribution in [0.4, 0.5) is 11.5 Å². The molecule has 23 heavy (non-hydrogen) atoms. The Balaban J connectivity index is 1.48. The van der Waals surface area contributed by atoms with Crippen LogP contribution in [0.1, 0.15) is 29.3 Å². The van der Waals surface area contributed by atoms with Crippen LogP contribution in [0.15, 0.2) is 9.52 Å². The molecule has 5 rings (SSSR count). The number of thiazole rings is 1. The van der Waals surface area contributed by atoms with E-state index in [1.165, 1.54) is 29.2 Å². The summed E-state index contributed by atoms with van der Waals surface area (Å²) in [6.07, 6.45) is 2.40. The van der Waals surface area contributed by atoms with E-state index in [2.05, 4.69) is 32.7 Å². The van der Waals surface area contributed by atoms with Crippen LogP contribution >= 0.6 is 22.1 Å². The van der Waals surface area contributed by atoms with Gasteiger partial charge in [-0.2, -0.15) is 0 Å². The van der Waals surface area contributed by atoms with Crippen molar-refractivity contribution in [3.63, 3.8) is 0 Å². The average molecular weight is 344 g/mol. The Morgan fingerprint density at radius 3 is 3.04 bits per heavy atom. The Morgan fingerprint density at radius 2 is 2.26 bits per heavy atom. The van der Waals surface area contributed by atoms with Crippen LogP contribution in [0.5, 0.6) is 5.06 Å². The normalized spacial score (nSPS) is 21.7. The molecule has 4 heterocycles. The van der Waals surface area contributed by atoms with Crippen molar-refractivity contribution >= 4 is 44.0 Å². The van der Waals surface area contributed by atoms with Crippen molar-refractivity contribution in [2.24, 2.45) is 10.4 Å². The third-order valence-electron chi connectivity index (χ3n) is 4.09. The second-order valence-electron chi connectivity index (χ2n) is 5.66. The first-order valence-corrected chi connectivity index (χ1v) is 9.25. The number of aryl methyl sites for hydroxylation is 1. The molecule has 1 saturated carbocycles. The topological polar surface area (TPSA) is 72.5 Å². The summed E-state index contributed by atoms with van der Waals surface area (Å²) >= 11 is 1.43. The summed E-state index contributed by atoms with van der Waals surface area (Å²) in [5.41, 5.74) is 1.63. The Hall–Kier alpha value is -2.11. The van der Waals surface area contributed by atoms with E-state index in [1.807, 2.05) is 14.0 Å². The van der Waals surface area contributed by atoms with E-state index in [9.17, 15) is 0 Å². The lowest BCUT2D eigenvalue weighted by Gasteiger charge is -2.29. The van der Waals surface area contributed by atoms with Crippen molar-refractivity contribution < 1.29 is 8.71 Å². The van der Waals surface area contributed by atoms with Crippen molar-refractivity contribution in [3.05, 3.63) is 16.5 Å². The van der Waals surface area contributed by atoms with Gasteiger partial charge in [-0.1, -0.05) is 16.5 Å². The van der Waals surface area contributed by atoms with Crippen LogP contribution in [-0.4, -0.2) is 27.6 Å². The summed E-state index contributed by atoms with van der Waals surface area (Å²) in [6, 6.07) is 0. The molecule has 0 bridgehead atoms. The van der Waals surface area contributed by atoms with Crippen LogP contribution in [0.3, 0.4) is 0 Å². The molecule has 0 aromatic carbocycles. The summed E-state index contributed by atoms with van der Waals surface area (Å²) in [5, 5.41) is 11.9. The zero-order valence-corrected chi connectivity index (χ0v) is 14.1. The van der Waals surface area contributed by atoms with Crippen LogP contribution in [0.25, 0.3) is 0 Å². The van der Waals surface area contributed by atoms with Crippen molar-refractivity contribution in [1.82, 2.24) is 10.1 Å². The molecular formula is C15H12N4O2S2. The van der Waals surface area contributed by atoms with Crippen LogP contribution in [0.2, 0.25) is 0 Å². The minimum absolute atomic E-state index is 0.241. The molecule has 0 amide bonds. The Bertz CT molecular complexity index is 969. The number of anilines is 1. The second kappa shape index (κ2) is 4.46. The summed E-state index contributed by atoms with van der Waals surface area (Å²) < 4.78 is 11.1. The molecule has 3 aliphatic rings. The maximum Gasteiger partial charge on any atom is 0.237 e. The van der Waals surface area contributed by atoms with Gasteiger partial charge in [-0.25, -0.2) is 9.98 Å². The highest BCUT2D eigenvalue weighted by atomic mass is 32.2. The maximum absolute atomic E-state index is 5.97. The minimum Gasteiger partial charge on any atom is -0.414 e. The molecular weight excluding hydrogens is 332 g/mol. The minimum atomic E-state index is -0.241. The smallest absolute Gasteiger partial charge is 0.237 e. The molecule has 1 aliphatic carbocycles. The van der Waals surface area contributed by atoms with Gasteiger partial charge >= 0.3 is 0 Å². The van der Waals surface area contributed by atoms with Gasteiger partial charge in [0.05, 0.1) is 0 Å². The SMILES string of the molecule is CNc1c(C#Cc2nc3c(s2)OS2=CC4(CC4)C2=N3)noc1C. The lowest BCUT2D eigenvalue weighted by Crippen LogP contribution is -2.29. The molecule has 1 spiro atoms. The quantitative estimate of drug-likeness (QED) is 0.636. The fraction of sp³-hybridized carbons (Fsp3) is 0.333. The van der Waals surface area contributed by atoms with Gasteiger partial charge in [-0.05, 0) is 37.0 Å². The zero-order chi connectivity index (χ0) is 15.6. The van der Waals surface area contributed by atoms with Gasteiger partial charge in [0.1, 0.15) is 10.7 Å². The highest BCUT2D eigenvalue weighted by molar-refractivity contribution is 8.27. The zero-order valence-electron chi connectivity index (χ0n) is 12.5. The molecule has 1 unspecified atom stereocenters. The molecule has 2 aliphatic heterocycles. The molecule has 2 aromatic rings.